The van der Waals surface area contributed by atoms with E-state index in [4.69, 9.17) is 9.47 Å². The van der Waals surface area contributed by atoms with Crippen molar-refractivity contribution >= 4 is 38.4 Å². The molecule has 2 saturated heterocycles. The molecule has 0 N–H and O–H groups in total. The molecule has 2 atom stereocenters. The van der Waals surface area contributed by atoms with Crippen molar-refractivity contribution in [2.24, 2.45) is 4.99 Å². The number of halogens is 3. The Kier molecular flexibility index (Phi) is 6.56. The van der Waals surface area contributed by atoms with Crippen molar-refractivity contribution in [1.82, 2.24) is 0 Å². The van der Waals surface area contributed by atoms with Crippen LogP contribution in [0.25, 0.3) is 0 Å². The van der Waals surface area contributed by atoms with Gasteiger partial charge in [-0.05, 0) is 29.8 Å². The summed E-state index contributed by atoms with van der Waals surface area (Å²) in [6, 6.07) is 9.08. The number of methoxy groups -OCH3 is 2. The van der Waals surface area contributed by atoms with Crippen molar-refractivity contribution in [2.75, 3.05) is 30.6 Å². The van der Waals surface area contributed by atoms with Crippen LogP contribution in [-0.4, -0.2) is 56.5 Å². The number of anilines is 1. The minimum Gasteiger partial charge on any atom is -0.493 e. The van der Waals surface area contributed by atoms with E-state index < -0.39 is 38.8 Å². The molecule has 0 aliphatic carbocycles. The fourth-order valence-electron chi connectivity index (χ4n) is 4.08. The number of alkyl halides is 3. The first-order valence-electron chi connectivity index (χ1n) is 10.2. The van der Waals surface area contributed by atoms with E-state index in [0.29, 0.717) is 17.1 Å². The lowest BCUT2D eigenvalue weighted by Crippen LogP contribution is -2.39. The number of rotatable bonds is 5. The van der Waals surface area contributed by atoms with Gasteiger partial charge in [-0.1, -0.05) is 30.0 Å². The second-order valence-electron chi connectivity index (χ2n) is 7.84. The molecule has 2 aliphatic heterocycles. The number of para-hydroxylation sites is 1. The standard InChI is InChI=1S/C22H21F3N2O5S2/c1-31-17-8-7-13(9-18(17)32-2)10-20(28)26-21-27(16-11-34(29,30)12-19(16)33-21)15-6-4-3-5-14(15)22(23,24)25/h3-9,16,19H,10-12H2,1-2H3/t16-,19+/m0/s1. The van der Waals surface area contributed by atoms with E-state index >= 15 is 0 Å². The quantitative estimate of drug-likeness (QED) is 0.603. The van der Waals surface area contributed by atoms with Gasteiger partial charge in [-0.3, -0.25) is 4.79 Å². The van der Waals surface area contributed by atoms with Gasteiger partial charge in [0.2, 0.25) is 0 Å². The van der Waals surface area contributed by atoms with E-state index in [1.54, 1.807) is 18.2 Å². The van der Waals surface area contributed by atoms with Crippen LogP contribution in [0.3, 0.4) is 0 Å². The van der Waals surface area contributed by atoms with Gasteiger partial charge in [-0.15, -0.1) is 0 Å². The Hall–Kier alpha value is -2.73. The molecule has 2 aromatic rings. The zero-order valence-corrected chi connectivity index (χ0v) is 19.8. The maximum atomic E-state index is 13.7. The van der Waals surface area contributed by atoms with Gasteiger partial charge < -0.3 is 14.4 Å². The van der Waals surface area contributed by atoms with Crippen LogP contribution in [0, 0.1) is 0 Å². The normalized spacial score (nSPS) is 22.6. The van der Waals surface area contributed by atoms with Crippen molar-refractivity contribution in [3.63, 3.8) is 0 Å². The summed E-state index contributed by atoms with van der Waals surface area (Å²) in [4.78, 5) is 18.2. The van der Waals surface area contributed by atoms with Crippen molar-refractivity contribution in [3.8, 4) is 11.5 Å². The fraction of sp³-hybridized carbons (Fsp3) is 0.364. The Morgan fingerprint density at radius 2 is 1.82 bits per heavy atom. The van der Waals surface area contributed by atoms with Gasteiger partial charge in [0.25, 0.3) is 5.91 Å². The lowest BCUT2D eigenvalue weighted by molar-refractivity contribution is -0.137. The summed E-state index contributed by atoms with van der Waals surface area (Å²) >= 11 is 1.02. The first-order valence-corrected chi connectivity index (χ1v) is 12.9. The maximum Gasteiger partial charge on any atom is 0.418 e. The largest absolute Gasteiger partial charge is 0.493 e. The number of thioether (sulfide) groups is 1. The van der Waals surface area contributed by atoms with Gasteiger partial charge >= 0.3 is 6.18 Å². The zero-order valence-electron chi connectivity index (χ0n) is 18.2. The number of amidine groups is 1. The summed E-state index contributed by atoms with van der Waals surface area (Å²) in [5, 5.41) is -0.453. The van der Waals surface area contributed by atoms with E-state index in [-0.39, 0.29) is 28.8 Å². The van der Waals surface area contributed by atoms with Gasteiger partial charge in [-0.2, -0.15) is 18.2 Å². The monoisotopic (exact) mass is 514 g/mol. The molecule has 0 spiro atoms. The van der Waals surface area contributed by atoms with Crippen LogP contribution in [0.1, 0.15) is 11.1 Å². The molecule has 0 aromatic heterocycles. The van der Waals surface area contributed by atoms with Crippen LogP contribution in [0.2, 0.25) is 0 Å². The molecule has 0 saturated carbocycles. The molecule has 2 fully saturated rings. The molecule has 0 unspecified atom stereocenters. The minimum absolute atomic E-state index is 0.0621. The number of hydrogen-bond acceptors (Lipinski definition) is 6. The number of sulfone groups is 1. The van der Waals surface area contributed by atoms with Gasteiger partial charge in [0.1, 0.15) is 0 Å². The lowest BCUT2D eigenvalue weighted by atomic mass is 10.1. The second-order valence-corrected chi connectivity index (χ2v) is 11.2. The summed E-state index contributed by atoms with van der Waals surface area (Å²) in [6.45, 7) is 0. The average Bonchev–Trinajstić information content (AvgIpc) is 3.23. The summed E-state index contributed by atoms with van der Waals surface area (Å²) in [5.74, 6) is -0.154. The minimum atomic E-state index is -4.66. The van der Waals surface area contributed by atoms with Gasteiger partial charge in [0, 0.05) is 5.25 Å². The van der Waals surface area contributed by atoms with Gasteiger partial charge in [-0.25, -0.2) is 8.42 Å². The Morgan fingerprint density at radius 1 is 1.12 bits per heavy atom. The van der Waals surface area contributed by atoms with Crippen LogP contribution in [0.5, 0.6) is 11.5 Å². The van der Waals surface area contributed by atoms with E-state index in [2.05, 4.69) is 4.99 Å². The molecule has 12 heteroatoms. The van der Waals surface area contributed by atoms with Crippen LogP contribution in [-0.2, 0) is 27.2 Å². The molecule has 7 nitrogen and oxygen atoms in total. The van der Waals surface area contributed by atoms with Crippen LogP contribution < -0.4 is 14.4 Å². The zero-order chi connectivity index (χ0) is 24.7. The number of carbonyl (C=O) groups is 1. The molecule has 34 heavy (non-hydrogen) atoms. The van der Waals surface area contributed by atoms with E-state index in [1.807, 2.05) is 0 Å². The van der Waals surface area contributed by atoms with Crippen molar-refractivity contribution in [3.05, 3.63) is 53.6 Å². The number of amides is 1. The molecule has 182 valence electrons. The number of carbonyl (C=O) groups excluding carboxylic acids is 1. The predicted molar refractivity (Wildman–Crippen MR) is 123 cm³/mol. The molecular weight excluding hydrogens is 493 g/mol. The SMILES string of the molecule is COc1ccc(CC(=O)N=C2S[C@@H]3CS(=O)(=O)C[C@@H]3N2c2ccccc2C(F)(F)F)cc1OC. The molecule has 2 heterocycles. The molecular formula is C22H21F3N2O5S2. The summed E-state index contributed by atoms with van der Waals surface area (Å²) in [6.07, 6.45) is -4.78. The number of nitrogens with zero attached hydrogens (tertiary/aromatic N) is 2. The van der Waals surface area contributed by atoms with Crippen molar-refractivity contribution in [2.45, 2.75) is 23.9 Å². The number of fused-ring (bicyclic) bond motifs is 1. The van der Waals surface area contributed by atoms with Crippen LogP contribution in [0.15, 0.2) is 47.5 Å². The molecule has 2 aromatic carbocycles. The van der Waals surface area contributed by atoms with Crippen molar-refractivity contribution in [1.29, 1.82) is 0 Å². The third-order valence-corrected chi connectivity index (χ3v) is 8.77. The summed E-state index contributed by atoms with van der Waals surface area (Å²) in [5.41, 5.74) is -0.551. The molecule has 4 rings (SSSR count). The van der Waals surface area contributed by atoms with Crippen LogP contribution in [0.4, 0.5) is 18.9 Å². The first kappa shape index (κ1) is 24.4. The smallest absolute Gasteiger partial charge is 0.418 e. The number of ether oxygens (including phenoxy) is 2. The third kappa shape index (κ3) is 4.88. The highest BCUT2D eigenvalue weighted by atomic mass is 32.2. The van der Waals surface area contributed by atoms with Crippen LogP contribution >= 0.6 is 11.8 Å². The maximum absolute atomic E-state index is 13.7. The summed E-state index contributed by atoms with van der Waals surface area (Å²) in [7, 11) is -0.476. The topological polar surface area (TPSA) is 85.3 Å². The van der Waals surface area contributed by atoms with E-state index in [0.717, 1.165) is 17.8 Å². The number of hydrogen-bond donors (Lipinski definition) is 0. The molecule has 2 aliphatic rings. The Balaban J connectivity index is 1.69. The Bertz CT molecular complexity index is 1250. The van der Waals surface area contributed by atoms with E-state index in [1.165, 1.54) is 37.3 Å². The Labute approximate surface area is 198 Å². The first-order chi connectivity index (χ1) is 16.0. The number of aliphatic imine (C=N–C) groups is 1. The molecule has 0 bridgehead atoms. The predicted octanol–water partition coefficient (Wildman–Crippen LogP) is 3.57. The number of benzene rings is 2. The second kappa shape index (κ2) is 9.14. The van der Waals surface area contributed by atoms with Gasteiger partial charge in [0.15, 0.2) is 26.5 Å². The molecule has 0 radical (unpaired) electrons. The highest BCUT2D eigenvalue weighted by molar-refractivity contribution is 8.16. The fourth-order valence-corrected chi connectivity index (χ4v) is 8.01. The van der Waals surface area contributed by atoms with Gasteiger partial charge in [0.05, 0.1) is 49.4 Å². The third-order valence-electron chi connectivity index (χ3n) is 5.56. The average molecular weight is 515 g/mol. The summed E-state index contributed by atoms with van der Waals surface area (Å²) < 4.78 is 76.0. The lowest BCUT2D eigenvalue weighted by Gasteiger charge is -2.27. The van der Waals surface area contributed by atoms with E-state index in [9.17, 15) is 26.4 Å². The molecule has 1 amide bonds. The highest BCUT2D eigenvalue weighted by Crippen LogP contribution is 2.45. The van der Waals surface area contributed by atoms with Crippen molar-refractivity contribution < 1.29 is 35.9 Å². The Morgan fingerprint density at radius 3 is 2.50 bits per heavy atom. The highest BCUT2D eigenvalue weighted by Gasteiger charge is 2.51.